The van der Waals surface area contributed by atoms with Crippen molar-refractivity contribution in [1.82, 2.24) is 24.9 Å². The molecule has 1 aliphatic heterocycles. The molecule has 0 bridgehead atoms. The number of pyridine rings is 1. The van der Waals surface area contributed by atoms with E-state index in [4.69, 9.17) is 0 Å². The Balaban J connectivity index is 1.79. The van der Waals surface area contributed by atoms with E-state index in [0.29, 0.717) is 0 Å². The van der Waals surface area contributed by atoms with Crippen molar-refractivity contribution in [3.8, 4) is 0 Å². The Morgan fingerprint density at radius 2 is 2.05 bits per heavy atom. The summed E-state index contributed by atoms with van der Waals surface area (Å²) in [4.78, 5) is 23.5. The van der Waals surface area contributed by atoms with Gasteiger partial charge in [-0.3, -0.25) is 0 Å². The summed E-state index contributed by atoms with van der Waals surface area (Å²) in [5.74, 6) is 1.88. The first-order valence-corrected chi connectivity index (χ1v) is 7.08. The van der Waals surface area contributed by atoms with E-state index in [0.717, 1.165) is 47.9 Å². The molecular weight excluding hydrogens is 264 g/mol. The predicted octanol–water partition coefficient (Wildman–Crippen LogP) is 1.93. The average molecular weight is 280 g/mol. The normalized spacial score (nSPS) is 14.5. The van der Waals surface area contributed by atoms with Crippen LogP contribution in [0.5, 0.6) is 0 Å². The third-order valence-electron chi connectivity index (χ3n) is 3.85. The molecule has 0 radical (unpaired) electrons. The predicted molar refractivity (Wildman–Crippen MR) is 80.1 cm³/mol. The standard InChI is InChI=1S/C15H16N6/c1-9-3-4-12-14(18-9)15(17-8-16-12)21-6-5-11-13(7-21)20-10(2)19-11/h3-4,8H,5-7H2,1-2H3,(H,19,20). The number of nitrogens with zero attached hydrogens (tertiary/aromatic N) is 5. The lowest BCUT2D eigenvalue weighted by Crippen LogP contribution is -2.31. The number of hydrogen-bond donors (Lipinski definition) is 1. The molecule has 0 amide bonds. The minimum Gasteiger partial charge on any atom is -0.348 e. The molecule has 0 spiro atoms. The zero-order valence-corrected chi connectivity index (χ0v) is 12.1. The van der Waals surface area contributed by atoms with Gasteiger partial charge in [0.1, 0.15) is 17.7 Å². The first-order chi connectivity index (χ1) is 10.2. The molecule has 0 atom stereocenters. The Labute approximate surface area is 122 Å². The van der Waals surface area contributed by atoms with Crippen molar-refractivity contribution in [2.45, 2.75) is 26.8 Å². The molecule has 0 saturated heterocycles. The summed E-state index contributed by atoms with van der Waals surface area (Å²) in [6.07, 6.45) is 2.54. The molecule has 6 heteroatoms. The van der Waals surface area contributed by atoms with Crippen molar-refractivity contribution in [1.29, 1.82) is 0 Å². The Kier molecular flexibility index (Phi) is 2.63. The summed E-state index contributed by atoms with van der Waals surface area (Å²) < 4.78 is 0. The van der Waals surface area contributed by atoms with Gasteiger partial charge in [-0.15, -0.1) is 0 Å². The molecule has 0 aromatic carbocycles. The second-order valence-electron chi connectivity index (χ2n) is 5.44. The van der Waals surface area contributed by atoms with E-state index in [1.54, 1.807) is 6.33 Å². The largest absolute Gasteiger partial charge is 0.348 e. The number of H-pyrrole nitrogens is 1. The maximum Gasteiger partial charge on any atom is 0.158 e. The molecule has 0 aliphatic carbocycles. The molecular formula is C15H16N6. The zero-order chi connectivity index (χ0) is 14.4. The lowest BCUT2D eigenvalue weighted by atomic mass is 10.1. The van der Waals surface area contributed by atoms with E-state index in [1.165, 1.54) is 11.4 Å². The van der Waals surface area contributed by atoms with Crippen LogP contribution in [0.15, 0.2) is 18.5 Å². The number of aromatic amines is 1. The smallest absolute Gasteiger partial charge is 0.158 e. The van der Waals surface area contributed by atoms with Crippen molar-refractivity contribution in [3.05, 3.63) is 41.4 Å². The molecule has 1 N–H and O–H groups in total. The zero-order valence-electron chi connectivity index (χ0n) is 12.1. The third kappa shape index (κ3) is 2.03. The SMILES string of the molecule is Cc1ccc2ncnc(N3CCc4nc(C)[nH]c4C3)c2n1. The van der Waals surface area contributed by atoms with Gasteiger partial charge in [-0.2, -0.15) is 0 Å². The van der Waals surface area contributed by atoms with Crippen LogP contribution in [0.1, 0.15) is 22.9 Å². The van der Waals surface area contributed by atoms with Gasteiger partial charge in [-0.05, 0) is 26.0 Å². The van der Waals surface area contributed by atoms with Crippen molar-refractivity contribution in [3.63, 3.8) is 0 Å². The van der Waals surface area contributed by atoms with E-state index in [2.05, 4.69) is 29.8 Å². The molecule has 4 rings (SSSR count). The number of hydrogen-bond acceptors (Lipinski definition) is 5. The van der Waals surface area contributed by atoms with Gasteiger partial charge in [0.05, 0.1) is 23.4 Å². The van der Waals surface area contributed by atoms with Crippen LogP contribution in [0.25, 0.3) is 11.0 Å². The molecule has 6 nitrogen and oxygen atoms in total. The molecule has 106 valence electrons. The number of imidazole rings is 1. The van der Waals surface area contributed by atoms with E-state index < -0.39 is 0 Å². The summed E-state index contributed by atoms with van der Waals surface area (Å²) >= 11 is 0. The van der Waals surface area contributed by atoms with E-state index in [9.17, 15) is 0 Å². The highest BCUT2D eigenvalue weighted by Gasteiger charge is 2.22. The third-order valence-corrected chi connectivity index (χ3v) is 3.85. The monoisotopic (exact) mass is 280 g/mol. The van der Waals surface area contributed by atoms with Gasteiger partial charge in [0, 0.05) is 18.7 Å². The van der Waals surface area contributed by atoms with Gasteiger partial charge < -0.3 is 9.88 Å². The summed E-state index contributed by atoms with van der Waals surface area (Å²) in [5, 5.41) is 0. The fraction of sp³-hybridized carbons (Fsp3) is 0.333. The summed E-state index contributed by atoms with van der Waals surface area (Å²) in [6, 6.07) is 3.98. The topological polar surface area (TPSA) is 70.6 Å². The first-order valence-electron chi connectivity index (χ1n) is 7.08. The molecule has 21 heavy (non-hydrogen) atoms. The Morgan fingerprint density at radius 3 is 2.95 bits per heavy atom. The molecule has 0 unspecified atom stereocenters. The minimum absolute atomic E-state index is 0.790. The Bertz CT molecular complexity index is 822. The van der Waals surface area contributed by atoms with E-state index >= 15 is 0 Å². The van der Waals surface area contributed by atoms with E-state index in [1.807, 2.05) is 26.0 Å². The molecule has 0 saturated carbocycles. The van der Waals surface area contributed by atoms with Crippen LogP contribution in [0, 0.1) is 13.8 Å². The highest BCUT2D eigenvalue weighted by atomic mass is 15.2. The van der Waals surface area contributed by atoms with Crippen molar-refractivity contribution in [2.75, 3.05) is 11.4 Å². The van der Waals surface area contributed by atoms with E-state index in [-0.39, 0.29) is 0 Å². The minimum atomic E-state index is 0.790. The molecule has 4 heterocycles. The van der Waals surface area contributed by atoms with Crippen LogP contribution < -0.4 is 4.90 Å². The van der Waals surface area contributed by atoms with Crippen LogP contribution in [0.4, 0.5) is 5.82 Å². The van der Waals surface area contributed by atoms with Gasteiger partial charge in [0.25, 0.3) is 0 Å². The van der Waals surface area contributed by atoms with Crippen LogP contribution in [-0.4, -0.2) is 31.5 Å². The van der Waals surface area contributed by atoms with Crippen LogP contribution >= 0.6 is 0 Å². The maximum absolute atomic E-state index is 4.62. The highest BCUT2D eigenvalue weighted by Crippen LogP contribution is 2.26. The van der Waals surface area contributed by atoms with Crippen LogP contribution in [-0.2, 0) is 13.0 Å². The van der Waals surface area contributed by atoms with Crippen LogP contribution in [0.3, 0.4) is 0 Å². The Morgan fingerprint density at radius 1 is 1.14 bits per heavy atom. The van der Waals surface area contributed by atoms with Crippen molar-refractivity contribution < 1.29 is 0 Å². The van der Waals surface area contributed by atoms with Gasteiger partial charge in [0.2, 0.25) is 0 Å². The quantitative estimate of drug-likeness (QED) is 0.737. The Hall–Kier alpha value is -2.50. The van der Waals surface area contributed by atoms with Gasteiger partial charge in [-0.25, -0.2) is 19.9 Å². The second kappa shape index (κ2) is 4.51. The molecule has 0 fully saturated rings. The number of fused-ring (bicyclic) bond motifs is 2. The lowest BCUT2D eigenvalue weighted by Gasteiger charge is -2.27. The van der Waals surface area contributed by atoms with Gasteiger partial charge in [-0.1, -0.05) is 0 Å². The highest BCUT2D eigenvalue weighted by molar-refractivity contribution is 5.85. The molecule has 3 aromatic rings. The summed E-state index contributed by atoms with van der Waals surface area (Å²) in [7, 11) is 0. The van der Waals surface area contributed by atoms with Gasteiger partial charge >= 0.3 is 0 Å². The van der Waals surface area contributed by atoms with Crippen LogP contribution in [0.2, 0.25) is 0 Å². The second-order valence-corrected chi connectivity index (χ2v) is 5.44. The number of nitrogens with one attached hydrogen (secondary N) is 1. The summed E-state index contributed by atoms with van der Waals surface area (Å²) in [5.41, 5.74) is 5.09. The molecule has 1 aliphatic rings. The van der Waals surface area contributed by atoms with Gasteiger partial charge in [0.15, 0.2) is 5.82 Å². The summed E-state index contributed by atoms with van der Waals surface area (Å²) in [6.45, 7) is 5.67. The number of aryl methyl sites for hydroxylation is 2. The number of anilines is 1. The number of aromatic nitrogens is 5. The lowest BCUT2D eigenvalue weighted by molar-refractivity contribution is 0.702. The number of rotatable bonds is 1. The fourth-order valence-corrected chi connectivity index (χ4v) is 2.87. The molecule has 3 aromatic heterocycles. The van der Waals surface area contributed by atoms with Crippen molar-refractivity contribution >= 4 is 16.9 Å². The maximum atomic E-state index is 4.62. The first kappa shape index (κ1) is 12.3. The fourth-order valence-electron chi connectivity index (χ4n) is 2.87. The average Bonchev–Trinajstić information content (AvgIpc) is 2.85. The van der Waals surface area contributed by atoms with Crippen molar-refractivity contribution in [2.24, 2.45) is 0 Å².